The minimum atomic E-state index is -4.31. The van der Waals surface area contributed by atoms with Gasteiger partial charge in [-0.3, -0.25) is 0 Å². The molecule has 1 saturated carbocycles. The summed E-state index contributed by atoms with van der Waals surface area (Å²) in [4.78, 5) is 9.56. The minimum Gasteiger partial charge on any atom is -0.306 e. The second kappa shape index (κ2) is 10.3. The number of nitrogens with zero attached hydrogens (tertiary/aromatic N) is 2. The summed E-state index contributed by atoms with van der Waals surface area (Å²) in [5, 5.41) is 0. The quantitative estimate of drug-likeness (QED) is 0.107. The molecule has 6 nitrogen and oxygen atoms in total. The summed E-state index contributed by atoms with van der Waals surface area (Å²) < 4.78 is 58.4. The van der Waals surface area contributed by atoms with Gasteiger partial charge in [-0.25, -0.2) is 14.1 Å². The first-order chi connectivity index (χ1) is 16.9. The van der Waals surface area contributed by atoms with E-state index in [1.165, 1.54) is 23.3 Å². The first-order valence-electron chi connectivity index (χ1n) is 11.3. The van der Waals surface area contributed by atoms with E-state index in [4.69, 9.17) is 9.32 Å². The highest BCUT2D eigenvalue weighted by Gasteiger charge is 2.39. The maximum Gasteiger partial charge on any atom is 0.402 e. The van der Waals surface area contributed by atoms with Crippen LogP contribution >= 0.6 is 12.2 Å². The molecule has 1 heterocycles. The van der Waals surface area contributed by atoms with Crippen molar-refractivity contribution in [3.63, 3.8) is 0 Å². The van der Waals surface area contributed by atoms with Crippen LogP contribution in [-0.2, 0) is 22.2 Å². The Balaban J connectivity index is 1.22. The number of fused-ring (bicyclic) bond motifs is 3. The van der Waals surface area contributed by atoms with E-state index in [-0.39, 0.29) is 11.9 Å². The first-order valence-corrected chi connectivity index (χ1v) is 12.1. The lowest BCUT2D eigenvalue weighted by molar-refractivity contribution is -0.259. The molecule has 2 N–H and O–H groups in total. The highest BCUT2D eigenvalue weighted by Crippen LogP contribution is 2.41. The van der Waals surface area contributed by atoms with Crippen LogP contribution in [0.15, 0.2) is 55.0 Å². The SMILES string of the molecule is Fc1ccc(-n2cnc(-c3ccc4c(c3)C[C@@H]3CC[C@H](C4)[C@H]3NOOSNCC(F)(F)F)c2)cc1. The second-order valence-corrected chi connectivity index (χ2v) is 9.54. The molecule has 186 valence electrons. The van der Waals surface area contributed by atoms with Crippen LogP contribution in [0.25, 0.3) is 16.9 Å². The third-order valence-electron chi connectivity index (χ3n) is 6.68. The van der Waals surface area contributed by atoms with Crippen molar-refractivity contribution < 1.29 is 26.9 Å². The maximum absolute atomic E-state index is 13.2. The van der Waals surface area contributed by atoms with Crippen molar-refractivity contribution in [2.75, 3.05) is 6.54 Å². The summed E-state index contributed by atoms with van der Waals surface area (Å²) in [6, 6.07) is 12.7. The van der Waals surface area contributed by atoms with E-state index in [2.05, 4.69) is 28.7 Å². The number of rotatable bonds is 8. The lowest BCUT2D eigenvalue weighted by Gasteiger charge is -2.21. The van der Waals surface area contributed by atoms with Gasteiger partial charge < -0.3 is 4.57 Å². The van der Waals surface area contributed by atoms with Gasteiger partial charge in [0, 0.05) is 23.5 Å². The fraction of sp³-hybridized carbons (Fsp3) is 0.375. The predicted octanol–water partition coefficient (Wildman–Crippen LogP) is 5.34. The molecule has 1 fully saturated rings. The Morgan fingerprint density at radius 1 is 1.03 bits per heavy atom. The highest BCUT2D eigenvalue weighted by molar-refractivity contribution is 7.92. The second-order valence-electron chi connectivity index (χ2n) is 8.95. The fourth-order valence-corrected chi connectivity index (χ4v) is 5.36. The summed E-state index contributed by atoms with van der Waals surface area (Å²) in [7, 11) is 0. The molecule has 2 aromatic carbocycles. The smallest absolute Gasteiger partial charge is 0.306 e. The molecule has 3 aromatic rings. The average molecular weight is 509 g/mol. The van der Waals surface area contributed by atoms with Crippen molar-refractivity contribution in [2.45, 2.75) is 37.9 Å². The van der Waals surface area contributed by atoms with E-state index in [1.807, 2.05) is 15.5 Å². The van der Waals surface area contributed by atoms with Crippen molar-refractivity contribution in [1.82, 2.24) is 19.8 Å². The number of aromatic nitrogens is 2. The van der Waals surface area contributed by atoms with E-state index < -0.39 is 12.7 Å². The number of nitrogens with one attached hydrogen (secondary N) is 2. The van der Waals surface area contributed by atoms with Gasteiger partial charge in [0.15, 0.2) is 0 Å². The Hall–Kier alpha value is -2.44. The Bertz CT molecular complexity index is 1160. The molecule has 0 aliphatic heterocycles. The molecule has 1 aromatic heterocycles. The van der Waals surface area contributed by atoms with Crippen molar-refractivity contribution in [2.24, 2.45) is 11.8 Å². The first kappa shape index (κ1) is 24.3. The zero-order valence-electron chi connectivity index (χ0n) is 18.6. The Morgan fingerprint density at radius 3 is 2.51 bits per heavy atom. The fourth-order valence-electron chi connectivity index (χ4n) is 5.02. The third-order valence-corrected chi connectivity index (χ3v) is 7.08. The molecule has 0 unspecified atom stereocenters. The standard InChI is InChI=1S/C24H24F4N4O2S/c25-20-5-7-21(8-6-20)32-12-22(29-14-32)16-2-1-15-9-17-3-4-18(11-19(15)10-16)23(17)31-33-34-35-30-13-24(26,27)28/h1-2,5-8,10,12,14,17-18,23,30-31H,3-4,9,11,13H2/t17-,18+,23-/m1/s1. The molecule has 2 bridgehead atoms. The molecule has 11 heteroatoms. The van der Waals surface area contributed by atoms with Gasteiger partial charge in [-0.15, -0.1) is 9.32 Å². The van der Waals surface area contributed by atoms with E-state index in [9.17, 15) is 17.6 Å². The molecule has 3 atom stereocenters. The number of imidazole rings is 1. The van der Waals surface area contributed by atoms with E-state index >= 15 is 0 Å². The monoisotopic (exact) mass is 508 g/mol. The van der Waals surface area contributed by atoms with E-state index in [1.54, 1.807) is 18.5 Å². The minimum absolute atomic E-state index is 0.0479. The van der Waals surface area contributed by atoms with Gasteiger partial charge in [-0.2, -0.15) is 18.7 Å². The highest BCUT2D eigenvalue weighted by atomic mass is 32.2. The third kappa shape index (κ3) is 5.87. The largest absolute Gasteiger partial charge is 0.402 e. The van der Waals surface area contributed by atoms with Gasteiger partial charge in [0.2, 0.25) is 0 Å². The zero-order chi connectivity index (χ0) is 24.4. The summed E-state index contributed by atoms with van der Waals surface area (Å²) >= 11 is 0.402. The van der Waals surface area contributed by atoms with Gasteiger partial charge >= 0.3 is 6.18 Å². The molecule has 5 rings (SSSR count). The number of alkyl halides is 3. The average Bonchev–Trinajstić information content (AvgIpc) is 3.40. The maximum atomic E-state index is 13.2. The topological polar surface area (TPSA) is 60.3 Å². The molecule has 35 heavy (non-hydrogen) atoms. The van der Waals surface area contributed by atoms with E-state index in [0.29, 0.717) is 24.1 Å². The molecule has 0 radical (unpaired) electrons. The summed E-state index contributed by atoms with van der Waals surface area (Å²) in [6.45, 7) is -1.17. The zero-order valence-corrected chi connectivity index (χ0v) is 19.4. The van der Waals surface area contributed by atoms with Crippen molar-refractivity contribution in [3.8, 4) is 16.9 Å². The van der Waals surface area contributed by atoms with Crippen LogP contribution in [0.5, 0.6) is 0 Å². The predicted molar refractivity (Wildman–Crippen MR) is 123 cm³/mol. The van der Waals surface area contributed by atoms with Gasteiger partial charge in [-0.1, -0.05) is 12.1 Å². The number of benzene rings is 2. The lowest BCUT2D eigenvalue weighted by Crippen LogP contribution is -2.38. The van der Waals surface area contributed by atoms with Crippen molar-refractivity contribution in [3.05, 3.63) is 71.9 Å². The van der Waals surface area contributed by atoms with Gasteiger partial charge in [0.05, 0.1) is 12.0 Å². The van der Waals surface area contributed by atoms with Crippen molar-refractivity contribution >= 4 is 12.2 Å². The van der Waals surface area contributed by atoms with E-state index in [0.717, 1.165) is 42.6 Å². The Morgan fingerprint density at radius 2 is 1.77 bits per heavy atom. The molecule has 0 spiro atoms. The molecule has 2 aliphatic carbocycles. The van der Waals surface area contributed by atoms with Crippen LogP contribution in [0.4, 0.5) is 17.6 Å². The van der Waals surface area contributed by atoms with Gasteiger partial charge in [0.25, 0.3) is 0 Å². The van der Waals surface area contributed by atoms with Crippen LogP contribution in [0.2, 0.25) is 0 Å². The normalized spacial score (nSPS) is 21.7. The van der Waals surface area contributed by atoms with Crippen LogP contribution in [0, 0.1) is 17.7 Å². The lowest BCUT2D eigenvalue weighted by atomic mass is 9.91. The van der Waals surface area contributed by atoms with Crippen molar-refractivity contribution in [1.29, 1.82) is 0 Å². The van der Waals surface area contributed by atoms with Gasteiger partial charge in [0.1, 0.15) is 24.6 Å². The molecule has 0 saturated heterocycles. The van der Waals surface area contributed by atoms with Crippen LogP contribution < -0.4 is 10.2 Å². The van der Waals surface area contributed by atoms with Crippen LogP contribution in [-0.4, -0.2) is 28.3 Å². The van der Waals surface area contributed by atoms with Crippen LogP contribution in [0.1, 0.15) is 24.0 Å². The summed E-state index contributed by atoms with van der Waals surface area (Å²) in [6.07, 6.45) is 3.17. The van der Waals surface area contributed by atoms with Crippen LogP contribution in [0.3, 0.4) is 0 Å². The Kier molecular flexibility index (Phi) is 7.12. The summed E-state index contributed by atoms with van der Waals surface area (Å²) in [5.74, 6) is 0.391. The Labute approximate surface area is 204 Å². The molecule has 2 aliphatic rings. The van der Waals surface area contributed by atoms with Gasteiger partial charge in [-0.05, 0) is 79.0 Å². The number of hydroxylamine groups is 1. The summed E-state index contributed by atoms with van der Waals surface area (Å²) in [5.41, 5.74) is 8.15. The number of hydrogen-bond acceptors (Lipinski definition) is 6. The number of hydrogen-bond donors (Lipinski definition) is 2. The molecule has 0 amide bonds. The molecular formula is C24H24F4N4O2S. The molecular weight excluding hydrogens is 484 g/mol. The number of halogens is 4.